The standard InChI is InChI=1S/C4H3Br2F3O2/c5-3(6,2(10)11)1-4(7,8)9/h1H2,(H,10,11). The van der Waals surface area contributed by atoms with Gasteiger partial charge in [0.15, 0.2) is 3.23 Å². The van der Waals surface area contributed by atoms with Crippen LogP contribution < -0.4 is 0 Å². The lowest BCUT2D eigenvalue weighted by Gasteiger charge is -2.16. The van der Waals surface area contributed by atoms with Gasteiger partial charge in [0.25, 0.3) is 0 Å². The summed E-state index contributed by atoms with van der Waals surface area (Å²) in [5.74, 6) is -1.60. The Morgan fingerprint density at radius 1 is 1.36 bits per heavy atom. The number of aliphatic carboxylic acids is 1. The van der Waals surface area contributed by atoms with Gasteiger partial charge in [-0.2, -0.15) is 13.2 Å². The normalized spacial score (nSPS) is 13.2. The highest BCUT2D eigenvalue weighted by molar-refractivity contribution is 9.25. The lowest BCUT2D eigenvalue weighted by molar-refractivity contribution is -0.152. The van der Waals surface area contributed by atoms with Crippen molar-refractivity contribution in [2.24, 2.45) is 0 Å². The number of carbonyl (C=O) groups is 1. The molecule has 0 saturated carbocycles. The number of carboxylic acids is 1. The largest absolute Gasteiger partial charge is 0.480 e. The molecule has 0 amide bonds. The third-order valence-electron chi connectivity index (χ3n) is 0.735. The van der Waals surface area contributed by atoms with Gasteiger partial charge in [0.2, 0.25) is 0 Å². The van der Waals surface area contributed by atoms with E-state index in [1.54, 1.807) is 0 Å². The highest BCUT2D eigenvalue weighted by Gasteiger charge is 2.44. The summed E-state index contributed by atoms with van der Waals surface area (Å²) >= 11 is 4.76. The van der Waals surface area contributed by atoms with Gasteiger partial charge in [0.05, 0.1) is 6.42 Å². The van der Waals surface area contributed by atoms with Crippen LogP contribution in [-0.4, -0.2) is 20.5 Å². The van der Waals surface area contributed by atoms with E-state index < -0.39 is 21.8 Å². The SMILES string of the molecule is O=C(O)C(Br)(Br)CC(F)(F)F. The van der Waals surface area contributed by atoms with E-state index in [0.717, 1.165) is 0 Å². The Balaban J connectivity index is 4.25. The molecule has 0 aromatic carbocycles. The Kier molecular flexibility index (Phi) is 3.37. The fourth-order valence-electron chi connectivity index (χ4n) is 0.327. The second-order valence-electron chi connectivity index (χ2n) is 1.80. The summed E-state index contributed by atoms with van der Waals surface area (Å²) in [7, 11) is 0. The monoisotopic (exact) mass is 298 g/mol. The molecule has 0 spiro atoms. The number of alkyl halides is 5. The fraction of sp³-hybridized carbons (Fsp3) is 0.750. The van der Waals surface area contributed by atoms with Crippen LogP contribution in [0.3, 0.4) is 0 Å². The Bertz CT molecular complexity index is 165. The summed E-state index contributed by atoms with van der Waals surface area (Å²) < 4.78 is 32.7. The molecule has 0 heterocycles. The fourth-order valence-corrected chi connectivity index (χ4v) is 0.963. The highest BCUT2D eigenvalue weighted by Crippen LogP contribution is 2.38. The molecule has 0 rings (SSSR count). The van der Waals surface area contributed by atoms with Gasteiger partial charge in [-0.3, -0.25) is 0 Å². The van der Waals surface area contributed by atoms with E-state index in [-0.39, 0.29) is 0 Å². The van der Waals surface area contributed by atoms with E-state index >= 15 is 0 Å². The van der Waals surface area contributed by atoms with Gasteiger partial charge in [0.1, 0.15) is 0 Å². The first kappa shape index (κ1) is 11.2. The molecular formula is C4H3Br2F3O2. The molecule has 66 valence electrons. The van der Waals surface area contributed by atoms with Crippen molar-refractivity contribution in [1.29, 1.82) is 0 Å². The number of halogens is 5. The van der Waals surface area contributed by atoms with Gasteiger partial charge in [-0.1, -0.05) is 31.9 Å². The molecule has 0 unspecified atom stereocenters. The molecule has 7 heteroatoms. The van der Waals surface area contributed by atoms with Gasteiger partial charge in [-0.05, 0) is 0 Å². The average Bonchev–Trinajstić information content (AvgIpc) is 1.56. The molecule has 0 fully saturated rings. The second kappa shape index (κ2) is 3.30. The Hall–Kier alpha value is 0.220. The van der Waals surface area contributed by atoms with Crippen LogP contribution in [0.2, 0.25) is 0 Å². The van der Waals surface area contributed by atoms with E-state index in [4.69, 9.17) is 5.11 Å². The Morgan fingerprint density at radius 2 is 1.73 bits per heavy atom. The first-order valence-electron chi connectivity index (χ1n) is 2.33. The number of carboxylic acid groups (broad SMARTS) is 1. The van der Waals surface area contributed by atoms with Crippen molar-refractivity contribution < 1.29 is 23.1 Å². The van der Waals surface area contributed by atoms with Gasteiger partial charge < -0.3 is 5.11 Å². The lowest BCUT2D eigenvalue weighted by Crippen LogP contribution is -2.30. The van der Waals surface area contributed by atoms with E-state index in [9.17, 15) is 18.0 Å². The van der Waals surface area contributed by atoms with Crippen molar-refractivity contribution in [2.75, 3.05) is 0 Å². The smallest absolute Gasteiger partial charge is 0.391 e. The quantitative estimate of drug-likeness (QED) is 0.796. The van der Waals surface area contributed by atoms with Crippen LogP contribution in [0.5, 0.6) is 0 Å². The molecule has 2 nitrogen and oxygen atoms in total. The molecule has 0 atom stereocenters. The van der Waals surface area contributed by atoms with Crippen LogP contribution >= 0.6 is 31.9 Å². The molecule has 0 aliphatic heterocycles. The van der Waals surface area contributed by atoms with E-state index in [1.165, 1.54) is 0 Å². The zero-order valence-corrected chi connectivity index (χ0v) is 8.12. The number of rotatable bonds is 2. The first-order valence-corrected chi connectivity index (χ1v) is 3.92. The van der Waals surface area contributed by atoms with Crippen molar-refractivity contribution in [3.63, 3.8) is 0 Å². The first-order chi connectivity index (χ1) is 4.65. The van der Waals surface area contributed by atoms with Gasteiger partial charge in [-0.25, -0.2) is 4.79 Å². The summed E-state index contributed by atoms with van der Waals surface area (Å²) in [4.78, 5) is 10.1. The predicted molar refractivity (Wildman–Crippen MR) is 38.9 cm³/mol. The number of hydrogen-bond acceptors (Lipinski definition) is 1. The molecule has 0 aliphatic carbocycles. The maximum atomic E-state index is 11.6. The third-order valence-corrected chi connectivity index (χ3v) is 1.97. The molecular weight excluding hydrogens is 297 g/mol. The zero-order valence-electron chi connectivity index (χ0n) is 4.95. The summed E-state index contributed by atoms with van der Waals surface area (Å²) in [6.07, 6.45) is -5.97. The maximum Gasteiger partial charge on any atom is 0.391 e. The van der Waals surface area contributed by atoms with Crippen molar-refractivity contribution in [3.05, 3.63) is 0 Å². The van der Waals surface area contributed by atoms with Crippen LogP contribution in [0.4, 0.5) is 13.2 Å². The average molecular weight is 300 g/mol. The van der Waals surface area contributed by atoms with Crippen molar-refractivity contribution >= 4 is 37.8 Å². The summed E-state index contributed by atoms with van der Waals surface area (Å²) in [6.45, 7) is 0. The molecule has 0 bridgehead atoms. The minimum Gasteiger partial charge on any atom is -0.480 e. The van der Waals surface area contributed by atoms with Gasteiger partial charge in [0, 0.05) is 0 Å². The minimum atomic E-state index is -4.51. The van der Waals surface area contributed by atoms with Crippen LogP contribution in [0.1, 0.15) is 6.42 Å². The molecule has 11 heavy (non-hydrogen) atoms. The molecule has 0 radical (unpaired) electrons. The third kappa shape index (κ3) is 4.62. The topological polar surface area (TPSA) is 37.3 Å². The van der Waals surface area contributed by atoms with Crippen LogP contribution in [-0.2, 0) is 4.79 Å². The highest BCUT2D eigenvalue weighted by atomic mass is 79.9. The van der Waals surface area contributed by atoms with Gasteiger partial charge in [-0.15, -0.1) is 0 Å². The van der Waals surface area contributed by atoms with Crippen LogP contribution in [0, 0.1) is 0 Å². The maximum absolute atomic E-state index is 11.6. The molecule has 0 saturated heterocycles. The zero-order chi connectivity index (χ0) is 9.28. The van der Waals surface area contributed by atoms with Crippen LogP contribution in [0.15, 0.2) is 0 Å². The Labute approximate surface area is 77.0 Å². The summed E-state index contributed by atoms with van der Waals surface area (Å²) in [6, 6.07) is 0. The van der Waals surface area contributed by atoms with E-state index in [1.807, 2.05) is 0 Å². The summed E-state index contributed by atoms with van der Waals surface area (Å²) in [5.41, 5.74) is 0. The Morgan fingerprint density at radius 3 is 1.82 bits per heavy atom. The molecule has 0 aliphatic rings. The van der Waals surface area contributed by atoms with Crippen molar-refractivity contribution in [1.82, 2.24) is 0 Å². The summed E-state index contributed by atoms with van der Waals surface area (Å²) in [5, 5.41) is 8.21. The number of hydrogen-bond donors (Lipinski definition) is 1. The molecule has 0 aromatic rings. The second-order valence-corrected chi connectivity index (χ2v) is 5.57. The molecule has 1 N–H and O–H groups in total. The van der Waals surface area contributed by atoms with Gasteiger partial charge >= 0.3 is 12.1 Å². The predicted octanol–water partition coefficient (Wildman–Crippen LogP) is 2.51. The van der Waals surface area contributed by atoms with E-state index in [2.05, 4.69) is 31.9 Å². The van der Waals surface area contributed by atoms with Crippen LogP contribution in [0.25, 0.3) is 0 Å². The lowest BCUT2D eigenvalue weighted by atomic mass is 10.3. The van der Waals surface area contributed by atoms with Crippen molar-refractivity contribution in [3.8, 4) is 0 Å². The minimum absolute atomic E-state index is 1.46. The van der Waals surface area contributed by atoms with Crippen molar-refractivity contribution in [2.45, 2.75) is 15.8 Å². The van der Waals surface area contributed by atoms with E-state index in [0.29, 0.717) is 0 Å². The molecule has 0 aromatic heterocycles.